The molecule has 1 atom stereocenters. The molecule has 2 rings (SSSR count). The van der Waals surface area contributed by atoms with Crippen LogP contribution in [0.1, 0.15) is 36.1 Å². The van der Waals surface area contributed by atoms with Gasteiger partial charge in [0.15, 0.2) is 0 Å². The SMILES string of the molecule is CCCc1cccc(C(O)Cc2cccnc2)c1. The molecule has 0 spiro atoms. The summed E-state index contributed by atoms with van der Waals surface area (Å²) in [5, 5.41) is 10.2. The highest BCUT2D eigenvalue weighted by molar-refractivity contribution is 5.26. The van der Waals surface area contributed by atoms with Gasteiger partial charge in [-0.2, -0.15) is 0 Å². The second-order valence-electron chi connectivity index (χ2n) is 4.58. The van der Waals surface area contributed by atoms with Gasteiger partial charge in [0.05, 0.1) is 6.10 Å². The number of hydrogen-bond donors (Lipinski definition) is 1. The van der Waals surface area contributed by atoms with E-state index in [1.54, 1.807) is 12.4 Å². The Bertz CT molecular complexity index is 481. The van der Waals surface area contributed by atoms with Gasteiger partial charge >= 0.3 is 0 Å². The zero-order valence-corrected chi connectivity index (χ0v) is 10.7. The van der Waals surface area contributed by atoms with Crippen molar-refractivity contribution in [1.82, 2.24) is 4.98 Å². The Hall–Kier alpha value is -1.67. The number of nitrogens with zero attached hydrogens (tertiary/aromatic N) is 1. The molecule has 0 aliphatic heterocycles. The Kier molecular flexibility index (Phi) is 4.48. The number of pyridine rings is 1. The predicted octanol–water partition coefficient (Wildman–Crippen LogP) is 3.31. The average molecular weight is 241 g/mol. The molecule has 1 heterocycles. The maximum atomic E-state index is 10.2. The number of aliphatic hydroxyl groups is 1. The van der Waals surface area contributed by atoms with E-state index in [1.807, 2.05) is 24.3 Å². The zero-order chi connectivity index (χ0) is 12.8. The van der Waals surface area contributed by atoms with Gasteiger partial charge in [0, 0.05) is 18.8 Å². The topological polar surface area (TPSA) is 33.1 Å². The molecule has 0 bridgehead atoms. The summed E-state index contributed by atoms with van der Waals surface area (Å²) in [5.41, 5.74) is 3.34. The molecule has 0 aliphatic rings. The van der Waals surface area contributed by atoms with Gasteiger partial charge < -0.3 is 5.11 Å². The van der Waals surface area contributed by atoms with Gasteiger partial charge in [-0.25, -0.2) is 0 Å². The average Bonchev–Trinajstić information content (AvgIpc) is 2.40. The van der Waals surface area contributed by atoms with Crippen molar-refractivity contribution in [3.8, 4) is 0 Å². The van der Waals surface area contributed by atoms with Crippen LogP contribution in [0.25, 0.3) is 0 Å². The number of benzene rings is 1. The third-order valence-corrected chi connectivity index (χ3v) is 3.03. The summed E-state index contributed by atoms with van der Waals surface area (Å²) < 4.78 is 0. The molecule has 0 saturated carbocycles. The summed E-state index contributed by atoms with van der Waals surface area (Å²) in [6.07, 6.45) is 5.90. The van der Waals surface area contributed by atoms with Crippen LogP contribution in [-0.2, 0) is 12.8 Å². The third kappa shape index (κ3) is 3.41. The minimum absolute atomic E-state index is 0.453. The highest BCUT2D eigenvalue weighted by Gasteiger charge is 2.09. The number of aryl methyl sites for hydroxylation is 1. The molecule has 1 N–H and O–H groups in total. The van der Waals surface area contributed by atoms with E-state index in [9.17, 15) is 5.11 Å². The van der Waals surface area contributed by atoms with Gasteiger partial charge in [-0.05, 0) is 29.2 Å². The van der Waals surface area contributed by atoms with Crippen LogP contribution in [0.4, 0.5) is 0 Å². The maximum Gasteiger partial charge on any atom is 0.0831 e. The summed E-state index contributed by atoms with van der Waals surface area (Å²) >= 11 is 0. The molecule has 1 aromatic heterocycles. The molecule has 2 nitrogen and oxygen atoms in total. The molecule has 0 radical (unpaired) electrons. The molecule has 0 fully saturated rings. The van der Waals surface area contributed by atoms with Gasteiger partial charge in [0.1, 0.15) is 0 Å². The largest absolute Gasteiger partial charge is 0.388 e. The van der Waals surface area contributed by atoms with Gasteiger partial charge in [-0.15, -0.1) is 0 Å². The summed E-state index contributed by atoms with van der Waals surface area (Å²) in [6, 6.07) is 12.1. The number of aromatic nitrogens is 1. The third-order valence-electron chi connectivity index (χ3n) is 3.03. The fourth-order valence-corrected chi connectivity index (χ4v) is 2.10. The molecule has 1 unspecified atom stereocenters. The van der Waals surface area contributed by atoms with Crippen molar-refractivity contribution >= 4 is 0 Å². The quantitative estimate of drug-likeness (QED) is 0.871. The molecule has 94 valence electrons. The van der Waals surface area contributed by atoms with Crippen LogP contribution in [0.5, 0.6) is 0 Å². The Morgan fingerprint density at radius 1 is 1.17 bits per heavy atom. The minimum Gasteiger partial charge on any atom is -0.388 e. The van der Waals surface area contributed by atoms with Crippen molar-refractivity contribution in [2.45, 2.75) is 32.3 Å². The van der Waals surface area contributed by atoms with E-state index in [0.717, 1.165) is 24.0 Å². The van der Waals surface area contributed by atoms with Crippen LogP contribution in [0.3, 0.4) is 0 Å². The van der Waals surface area contributed by atoms with E-state index < -0.39 is 6.10 Å². The monoisotopic (exact) mass is 241 g/mol. The van der Waals surface area contributed by atoms with E-state index in [2.05, 4.69) is 24.0 Å². The molecule has 1 aromatic carbocycles. The Morgan fingerprint density at radius 3 is 2.72 bits per heavy atom. The fraction of sp³-hybridized carbons (Fsp3) is 0.312. The van der Waals surface area contributed by atoms with E-state index in [4.69, 9.17) is 0 Å². The van der Waals surface area contributed by atoms with E-state index in [-0.39, 0.29) is 0 Å². The summed E-state index contributed by atoms with van der Waals surface area (Å²) in [4.78, 5) is 4.07. The first kappa shape index (κ1) is 12.8. The Labute approximate surface area is 108 Å². The second-order valence-corrected chi connectivity index (χ2v) is 4.58. The van der Waals surface area contributed by atoms with Crippen LogP contribution in [-0.4, -0.2) is 10.1 Å². The lowest BCUT2D eigenvalue weighted by molar-refractivity contribution is 0.178. The molecule has 0 saturated heterocycles. The van der Waals surface area contributed by atoms with E-state index >= 15 is 0 Å². The molecular formula is C16H19NO. The van der Waals surface area contributed by atoms with Crippen LogP contribution < -0.4 is 0 Å². The second kappa shape index (κ2) is 6.31. The molecule has 2 heteroatoms. The van der Waals surface area contributed by atoms with Crippen molar-refractivity contribution in [2.24, 2.45) is 0 Å². The number of aliphatic hydroxyl groups excluding tert-OH is 1. The number of hydrogen-bond acceptors (Lipinski definition) is 2. The van der Waals surface area contributed by atoms with E-state index in [0.29, 0.717) is 6.42 Å². The number of rotatable bonds is 5. The smallest absolute Gasteiger partial charge is 0.0831 e. The van der Waals surface area contributed by atoms with Gasteiger partial charge in [-0.3, -0.25) is 4.98 Å². The fourth-order valence-electron chi connectivity index (χ4n) is 2.10. The predicted molar refractivity (Wildman–Crippen MR) is 73.3 cm³/mol. The van der Waals surface area contributed by atoms with Crippen LogP contribution in [0.2, 0.25) is 0 Å². The van der Waals surface area contributed by atoms with Crippen molar-refractivity contribution in [3.63, 3.8) is 0 Å². The lowest BCUT2D eigenvalue weighted by Gasteiger charge is -2.12. The first-order chi connectivity index (χ1) is 8.79. The van der Waals surface area contributed by atoms with Crippen LogP contribution in [0.15, 0.2) is 48.8 Å². The van der Waals surface area contributed by atoms with Gasteiger partial charge in [-0.1, -0.05) is 43.7 Å². The maximum absolute atomic E-state index is 10.2. The molecular weight excluding hydrogens is 222 g/mol. The first-order valence-electron chi connectivity index (χ1n) is 6.45. The van der Waals surface area contributed by atoms with Crippen molar-refractivity contribution in [1.29, 1.82) is 0 Å². The highest BCUT2D eigenvalue weighted by atomic mass is 16.3. The molecule has 2 aromatic rings. The minimum atomic E-state index is -0.453. The van der Waals surface area contributed by atoms with Crippen LogP contribution in [0, 0.1) is 0 Å². The lowest BCUT2D eigenvalue weighted by atomic mass is 9.99. The van der Waals surface area contributed by atoms with E-state index in [1.165, 1.54) is 5.56 Å². The Balaban J connectivity index is 2.08. The lowest BCUT2D eigenvalue weighted by Crippen LogP contribution is -2.02. The molecule has 0 aliphatic carbocycles. The van der Waals surface area contributed by atoms with Gasteiger partial charge in [0.2, 0.25) is 0 Å². The van der Waals surface area contributed by atoms with Crippen molar-refractivity contribution in [2.75, 3.05) is 0 Å². The molecule has 18 heavy (non-hydrogen) atoms. The zero-order valence-electron chi connectivity index (χ0n) is 10.7. The Morgan fingerprint density at radius 2 is 2.00 bits per heavy atom. The summed E-state index contributed by atoms with van der Waals surface area (Å²) in [7, 11) is 0. The standard InChI is InChI=1S/C16H19NO/c1-2-5-13-6-3-8-15(10-13)16(18)11-14-7-4-9-17-12-14/h3-4,6-10,12,16,18H,2,5,11H2,1H3. The van der Waals surface area contributed by atoms with Crippen LogP contribution >= 0.6 is 0 Å². The van der Waals surface area contributed by atoms with Crippen molar-refractivity contribution < 1.29 is 5.11 Å². The summed E-state index contributed by atoms with van der Waals surface area (Å²) in [5.74, 6) is 0. The molecule has 0 amide bonds. The van der Waals surface area contributed by atoms with Gasteiger partial charge in [0.25, 0.3) is 0 Å². The highest BCUT2D eigenvalue weighted by Crippen LogP contribution is 2.19. The summed E-state index contributed by atoms with van der Waals surface area (Å²) in [6.45, 7) is 2.17. The van der Waals surface area contributed by atoms with Crippen molar-refractivity contribution in [3.05, 3.63) is 65.5 Å². The normalized spacial score (nSPS) is 12.3. The first-order valence-corrected chi connectivity index (χ1v) is 6.45.